The molecule has 1 N–H and O–H groups in total. The van der Waals surface area contributed by atoms with E-state index in [1.807, 2.05) is 24.0 Å². The first-order chi connectivity index (χ1) is 9.72. The van der Waals surface area contributed by atoms with Crippen molar-refractivity contribution >= 4 is 5.91 Å². The van der Waals surface area contributed by atoms with Crippen LogP contribution in [0.1, 0.15) is 37.8 Å². The summed E-state index contributed by atoms with van der Waals surface area (Å²) in [6, 6.07) is 2.49. The van der Waals surface area contributed by atoms with Gasteiger partial charge in [0.1, 0.15) is 0 Å². The van der Waals surface area contributed by atoms with Gasteiger partial charge in [-0.3, -0.25) is 14.4 Å². The lowest BCUT2D eigenvalue weighted by molar-refractivity contribution is -0.125. The maximum atomic E-state index is 12.3. The second-order valence-corrected chi connectivity index (χ2v) is 6.16. The van der Waals surface area contributed by atoms with Crippen molar-refractivity contribution in [3.05, 3.63) is 18.0 Å². The highest BCUT2D eigenvalue weighted by Gasteiger charge is 2.30. The Morgan fingerprint density at radius 3 is 2.90 bits per heavy atom. The molecule has 0 radical (unpaired) electrons. The molecule has 1 amide bonds. The second kappa shape index (κ2) is 5.95. The Labute approximate surface area is 120 Å². The summed E-state index contributed by atoms with van der Waals surface area (Å²) in [4.78, 5) is 14.6. The van der Waals surface area contributed by atoms with Crippen molar-refractivity contribution in [2.45, 2.75) is 44.7 Å². The number of aryl methyl sites for hydroxylation is 1. The van der Waals surface area contributed by atoms with Gasteiger partial charge in [-0.05, 0) is 31.9 Å². The van der Waals surface area contributed by atoms with E-state index >= 15 is 0 Å². The smallest absolute Gasteiger partial charge is 0.224 e. The van der Waals surface area contributed by atoms with Crippen LogP contribution in [0, 0.1) is 5.92 Å². The van der Waals surface area contributed by atoms with Gasteiger partial charge in [0.25, 0.3) is 0 Å². The third-order valence-corrected chi connectivity index (χ3v) is 4.65. The molecule has 2 fully saturated rings. The van der Waals surface area contributed by atoms with Crippen molar-refractivity contribution < 1.29 is 4.79 Å². The number of likely N-dealkylation sites (tertiary alicyclic amines) is 1. The van der Waals surface area contributed by atoms with Gasteiger partial charge in [-0.15, -0.1) is 0 Å². The highest BCUT2D eigenvalue weighted by Crippen LogP contribution is 2.21. The minimum absolute atomic E-state index is 0.170. The molecule has 0 bridgehead atoms. The molecule has 0 unspecified atom stereocenters. The number of carbonyl (C=O) groups excluding carboxylic acids is 1. The molecule has 0 spiro atoms. The predicted molar refractivity (Wildman–Crippen MR) is 77.0 cm³/mol. The Morgan fingerprint density at radius 2 is 2.20 bits per heavy atom. The van der Waals surface area contributed by atoms with Gasteiger partial charge in [0.05, 0.1) is 11.6 Å². The molecule has 20 heavy (non-hydrogen) atoms. The molecule has 5 nitrogen and oxygen atoms in total. The molecule has 110 valence electrons. The van der Waals surface area contributed by atoms with E-state index in [-0.39, 0.29) is 11.8 Å². The molecule has 1 saturated carbocycles. The van der Waals surface area contributed by atoms with Crippen molar-refractivity contribution in [2.24, 2.45) is 13.0 Å². The molecule has 1 aromatic rings. The standard InChI is InChI=1S/C15H24N4O/c1-18-14(6-8-16-18)11-19-9-7-12(10-19)15(20)17-13-4-2-3-5-13/h6,8,12-13H,2-5,7,9-11H2,1H3,(H,17,20)/t12-/m0/s1. The first-order valence-corrected chi connectivity index (χ1v) is 7.72. The summed E-state index contributed by atoms with van der Waals surface area (Å²) in [5, 5.41) is 7.42. The summed E-state index contributed by atoms with van der Waals surface area (Å²) < 4.78 is 1.91. The van der Waals surface area contributed by atoms with E-state index < -0.39 is 0 Å². The van der Waals surface area contributed by atoms with Gasteiger partial charge >= 0.3 is 0 Å². The topological polar surface area (TPSA) is 50.2 Å². The van der Waals surface area contributed by atoms with Crippen LogP contribution in [0.25, 0.3) is 0 Å². The monoisotopic (exact) mass is 276 g/mol. The van der Waals surface area contributed by atoms with Crippen LogP contribution in [0.15, 0.2) is 12.3 Å². The van der Waals surface area contributed by atoms with Crippen LogP contribution in [-0.4, -0.2) is 39.7 Å². The fourth-order valence-corrected chi connectivity index (χ4v) is 3.36. The lowest BCUT2D eigenvalue weighted by atomic mass is 10.1. The fourth-order valence-electron chi connectivity index (χ4n) is 3.36. The average molecular weight is 276 g/mol. The van der Waals surface area contributed by atoms with E-state index in [9.17, 15) is 4.79 Å². The summed E-state index contributed by atoms with van der Waals surface area (Å²) >= 11 is 0. The van der Waals surface area contributed by atoms with E-state index in [1.54, 1.807) is 0 Å². The molecule has 1 saturated heterocycles. The normalized spacial score (nSPS) is 24.4. The molecule has 0 aromatic carbocycles. The molecule has 5 heteroatoms. The molecule has 3 rings (SSSR count). The van der Waals surface area contributed by atoms with Crippen molar-refractivity contribution in [1.82, 2.24) is 20.0 Å². The van der Waals surface area contributed by atoms with E-state index in [1.165, 1.54) is 18.5 Å². The van der Waals surface area contributed by atoms with Crippen LogP contribution in [0.5, 0.6) is 0 Å². The Morgan fingerprint density at radius 1 is 1.40 bits per heavy atom. The Kier molecular flexibility index (Phi) is 4.05. The molecule has 1 aliphatic carbocycles. The van der Waals surface area contributed by atoms with E-state index in [0.29, 0.717) is 6.04 Å². The van der Waals surface area contributed by atoms with Gasteiger partial charge in [-0.25, -0.2) is 0 Å². The van der Waals surface area contributed by atoms with Crippen LogP contribution >= 0.6 is 0 Å². The van der Waals surface area contributed by atoms with Gasteiger partial charge < -0.3 is 5.32 Å². The van der Waals surface area contributed by atoms with Gasteiger partial charge in [-0.2, -0.15) is 5.10 Å². The van der Waals surface area contributed by atoms with Gasteiger partial charge in [0.15, 0.2) is 0 Å². The number of carbonyl (C=O) groups is 1. The van der Waals surface area contributed by atoms with Crippen LogP contribution in [0.3, 0.4) is 0 Å². The number of nitrogens with one attached hydrogen (secondary N) is 1. The van der Waals surface area contributed by atoms with Gasteiger partial charge in [0, 0.05) is 32.4 Å². The third-order valence-electron chi connectivity index (χ3n) is 4.65. The van der Waals surface area contributed by atoms with Crippen LogP contribution < -0.4 is 5.32 Å². The zero-order valence-corrected chi connectivity index (χ0v) is 12.2. The van der Waals surface area contributed by atoms with Crippen LogP contribution in [0.2, 0.25) is 0 Å². The summed E-state index contributed by atoms with van der Waals surface area (Å²) in [7, 11) is 1.97. The quantitative estimate of drug-likeness (QED) is 0.902. The number of aromatic nitrogens is 2. The predicted octanol–water partition coefficient (Wildman–Crippen LogP) is 1.30. The first kappa shape index (κ1) is 13.6. The van der Waals surface area contributed by atoms with Crippen molar-refractivity contribution in [1.29, 1.82) is 0 Å². The van der Waals surface area contributed by atoms with Crippen LogP contribution in [-0.2, 0) is 18.4 Å². The van der Waals surface area contributed by atoms with Crippen molar-refractivity contribution in [3.63, 3.8) is 0 Å². The maximum absolute atomic E-state index is 12.3. The Balaban J connectivity index is 1.48. The number of hydrogen-bond acceptors (Lipinski definition) is 3. The molecule has 1 aromatic heterocycles. The molecule has 1 aliphatic heterocycles. The van der Waals surface area contributed by atoms with E-state index in [2.05, 4.69) is 15.3 Å². The molecular formula is C15H24N4O. The SMILES string of the molecule is Cn1nccc1CN1CC[C@H](C(=O)NC2CCCC2)C1. The minimum Gasteiger partial charge on any atom is -0.353 e. The Hall–Kier alpha value is -1.36. The number of rotatable bonds is 4. The zero-order valence-electron chi connectivity index (χ0n) is 12.2. The van der Waals surface area contributed by atoms with Crippen molar-refractivity contribution in [2.75, 3.05) is 13.1 Å². The lowest BCUT2D eigenvalue weighted by Gasteiger charge is -2.17. The van der Waals surface area contributed by atoms with Gasteiger partial charge in [-0.1, -0.05) is 12.8 Å². The average Bonchev–Trinajstić information content (AvgIpc) is 3.13. The first-order valence-electron chi connectivity index (χ1n) is 7.72. The van der Waals surface area contributed by atoms with Crippen molar-refractivity contribution in [3.8, 4) is 0 Å². The highest BCUT2D eigenvalue weighted by atomic mass is 16.2. The van der Waals surface area contributed by atoms with E-state index in [4.69, 9.17) is 0 Å². The van der Waals surface area contributed by atoms with Gasteiger partial charge in [0.2, 0.25) is 5.91 Å². The molecular weight excluding hydrogens is 252 g/mol. The fraction of sp³-hybridized carbons (Fsp3) is 0.733. The zero-order chi connectivity index (χ0) is 13.9. The third kappa shape index (κ3) is 3.03. The van der Waals surface area contributed by atoms with E-state index in [0.717, 1.165) is 38.9 Å². The summed E-state index contributed by atoms with van der Waals surface area (Å²) in [6.07, 6.45) is 7.67. The van der Waals surface area contributed by atoms with Crippen LogP contribution in [0.4, 0.5) is 0 Å². The highest BCUT2D eigenvalue weighted by molar-refractivity contribution is 5.79. The number of nitrogens with zero attached hydrogens (tertiary/aromatic N) is 3. The maximum Gasteiger partial charge on any atom is 0.224 e. The molecule has 2 heterocycles. The largest absolute Gasteiger partial charge is 0.353 e. The summed E-state index contributed by atoms with van der Waals surface area (Å²) in [5.74, 6) is 0.438. The molecule has 1 atom stereocenters. The second-order valence-electron chi connectivity index (χ2n) is 6.16. The molecule has 2 aliphatic rings. The minimum atomic E-state index is 0.170. The number of hydrogen-bond donors (Lipinski definition) is 1. The lowest BCUT2D eigenvalue weighted by Crippen LogP contribution is -2.38. The Bertz CT molecular complexity index is 464. The summed E-state index contributed by atoms with van der Waals surface area (Å²) in [5.41, 5.74) is 1.21. The summed E-state index contributed by atoms with van der Waals surface area (Å²) in [6.45, 7) is 2.78. The number of amides is 1.